The van der Waals surface area contributed by atoms with Gasteiger partial charge in [0.2, 0.25) is 0 Å². The summed E-state index contributed by atoms with van der Waals surface area (Å²) < 4.78 is 0. The minimum absolute atomic E-state index is 1.18. The molecule has 0 radical (unpaired) electrons. The summed E-state index contributed by atoms with van der Waals surface area (Å²) in [5, 5.41) is 3.20. The molecule has 0 aromatic carbocycles. The normalized spacial score (nSPS) is 11.5. The standard InChI is InChI=1S/C18H37N/c1-3-4-5-6-7-8-9-10-11-12-13-14-15-16-17-18-19-2/h10-11,19H,3-9,12-18H2,1-2H3/b11-10-. The second kappa shape index (κ2) is 17.7. The highest BCUT2D eigenvalue weighted by molar-refractivity contribution is 4.81. The van der Waals surface area contributed by atoms with Crippen molar-refractivity contribution in [3.63, 3.8) is 0 Å². The molecule has 0 spiro atoms. The van der Waals surface area contributed by atoms with Gasteiger partial charge in [0, 0.05) is 0 Å². The van der Waals surface area contributed by atoms with Crippen molar-refractivity contribution >= 4 is 0 Å². The van der Waals surface area contributed by atoms with Gasteiger partial charge in [-0.1, -0.05) is 70.4 Å². The molecule has 0 aliphatic carbocycles. The molecule has 0 fully saturated rings. The summed E-state index contributed by atoms with van der Waals surface area (Å²) >= 11 is 0. The van der Waals surface area contributed by atoms with Crippen LogP contribution in [0.25, 0.3) is 0 Å². The monoisotopic (exact) mass is 267 g/mol. The second-order valence-electron chi connectivity index (χ2n) is 5.69. The summed E-state index contributed by atoms with van der Waals surface area (Å²) in [6.45, 7) is 3.46. The molecular formula is C18H37N. The lowest BCUT2D eigenvalue weighted by atomic mass is 10.1. The van der Waals surface area contributed by atoms with Crippen LogP contribution in [0.1, 0.15) is 90.4 Å². The predicted molar refractivity (Wildman–Crippen MR) is 88.8 cm³/mol. The highest BCUT2D eigenvalue weighted by Gasteiger charge is 1.90. The maximum absolute atomic E-state index is 3.20. The van der Waals surface area contributed by atoms with E-state index in [0.29, 0.717) is 0 Å². The van der Waals surface area contributed by atoms with Crippen LogP contribution >= 0.6 is 0 Å². The van der Waals surface area contributed by atoms with Gasteiger partial charge in [0.25, 0.3) is 0 Å². The van der Waals surface area contributed by atoms with E-state index in [-0.39, 0.29) is 0 Å². The number of nitrogens with one attached hydrogen (secondary N) is 1. The molecule has 0 aromatic rings. The molecule has 0 bridgehead atoms. The largest absolute Gasteiger partial charge is 0.320 e. The van der Waals surface area contributed by atoms with Crippen molar-refractivity contribution in [2.24, 2.45) is 0 Å². The molecule has 0 aliphatic rings. The lowest BCUT2D eigenvalue weighted by Crippen LogP contribution is -2.06. The Morgan fingerprint density at radius 1 is 0.632 bits per heavy atom. The molecule has 0 saturated heterocycles. The van der Waals surface area contributed by atoms with E-state index in [2.05, 4.69) is 24.4 Å². The SMILES string of the molecule is CCCCCCCC/C=C\CCCCCCCNC. The van der Waals surface area contributed by atoms with Gasteiger partial charge in [-0.15, -0.1) is 0 Å². The summed E-state index contributed by atoms with van der Waals surface area (Å²) in [6, 6.07) is 0. The highest BCUT2D eigenvalue weighted by Crippen LogP contribution is 2.08. The van der Waals surface area contributed by atoms with Crippen LogP contribution in [0.3, 0.4) is 0 Å². The van der Waals surface area contributed by atoms with E-state index >= 15 is 0 Å². The first-order valence-electron chi connectivity index (χ1n) is 8.71. The van der Waals surface area contributed by atoms with Crippen LogP contribution < -0.4 is 5.32 Å². The lowest BCUT2D eigenvalue weighted by Gasteiger charge is -2.00. The zero-order chi connectivity index (χ0) is 14.0. The topological polar surface area (TPSA) is 12.0 Å². The minimum atomic E-state index is 1.18. The highest BCUT2D eigenvalue weighted by atomic mass is 14.8. The summed E-state index contributed by atoms with van der Waals surface area (Å²) in [6.07, 6.45) is 22.8. The van der Waals surface area contributed by atoms with Crippen molar-refractivity contribution in [3.05, 3.63) is 12.2 Å². The molecule has 1 nitrogen and oxygen atoms in total. The van der Waals surface area contributed by atoms with Crippen molar-refractivity contribution < 1.29 is 0 Å². The van der Waals surface area contributed by atoms with Crippen LogP contribution in [0.4, 0.5) is 0 Å². The van der Waals surface area contributed by atoms with Gasteiger partial charge < -0.3 is 5.32 Å². The van der Waals surface area contributed by atoms with Gasteiger partial charge >= 0.3 is 0 Å². The number of hydrogen-bond donors (Lipinski definition) is 1. The van der Waals surface area contributed by atoms with E-state index in [1.54, 1.807) is 0 Å². The van der Waals surface area contributed by atoms with Crippen molar-refractivity contribution in [1.82, 2.24) is 5.32 Å². The molecule has 0 aromatic heterocycles. The Balaban J connectivity index is 3.01. The molecule has 0 unspecified atom stereocenters. The Morgan fingerprint density at radius 3 is 1.63 bits per heavy atom. The van der Waals surface area contributed by atoms with Crippen LogP contribution in [0, 0.1) is 0 Å². The average Bonchev–Trinajstić information content (AvgIpc) is 2.43. The Kier molecular flexibility index (Phi) is 17.4. The van der Waals surface area contributed by atoms with Crippen LogP contribution in [0.15, 0.2) is 12.2 Å². The molecule has 1 N–H and O–H groups in total. The third kappa shape index (κ3) is 17.7. The van der Waals surface area contributed by atoms with E-state index in [4.69, 9.17) is 0 Å². The van der Waals surface area contributed by atoms with Gasteiger partial charge in [0.15, 0.2) is 0 Å². The summed E-state index contributed by atoms with van der Waals surface area (Å²) in [4.78, 5) is 0. The maximum atomic E-state index is 3.20. The second-order valence-corrected chi connectivity index (χ2v) is 5.69. The van der Waals surface area contributed by atoms with E-state index in [1.807, 2.05) is 7.05 Å². The van der Waals surface area contributed by atoms with Gasteiger partial charge in [-0.3, -0.25) is 0 Å². The Labute approximate surface area is 122 Å². The first kappa shape index (κ1) is 18.7. The van der Waals surface area contributed by atoms with Gasteiger partial charge in [-0.25, -0.2) is 0 Å². The maximum Gasteiger partial charge on any atom is -0.00519 e. The van der Waals surface area contributed by atoms with Crippen LogP contribution in [0.5, 0.6) is 0 Å². The van der Waals surface area contributed by atoms with Gasteiger partial charge in [-0.05, 0) is 45.7 Å². The molecular weight excluding hydrogens is 230 g/mol. The van der Waals surface area contributed by atoms with Gasteiger partial charge in [0.1, 0.15) is 0 Å². The molecule has 114 valence electrons. The Bertz CT molecular complexity index is 175. The number of hydrogen-bond acceptors (Lipinski definition) is 1. The van der Waals surface area contributed by atoms with E-state index in [9.17, 15) is 0 Å². The molecule has 0 rings (SSSR count). The number of unbranched alkanes of at least 4 members (excludes halogenated alkanes) is 11. The molecule has 0 amide bonds. The third-order valence-corrected chi connectivity index (χ3v) is 3.69. The van der Waals surface area contributed by atoms with E-state index in [1.165, 1.54) is 90.0 Å². The number of rotatable bonds is 15. The summed E-state index contributed by atoms with van der Waals surface area (Å²) in [7, 11) is 2.04. The van der Waals surface area contributed by atoms with Crippen molar-refractivity contribution in [1.29, 1.82) is 0 Å². The fourth-order valence-corrected chi connectivity index (χ4v) is 2.37. The zero-order valence-corrected chi connectivity index (χ0v) is 13.6. The molecule has 0 saturated carbocycles. The molecule has 19 heavy (non-hydrogen) atoms. The van der Waals surface area contributed by atoms with Crippen LogP contribution in [0.2, 0.25) is 0 Å². The quantitative estimate of drug-likeness (QED) is 0.290. The minimum Gasteiger partial charge on any atom is -0.320 e. The van der Waals surface area contributed by atoms with Crippen molar-refractivity contribution in [2.45, 2.75) is 90.4 Å². The zero-order valence-electron chi connectivity index (χ0n) is 13.6. The van der Waals surface area contributed by atoms with Gasteiger partial charge in [0.05, 0.1) is 0 Å². The predicted octanol–water partition coefficient (Wildman–Crippen LogP) is 5.85. The molecule has 0 atom stereocenters. The summed E-state index contributed by atoms with van der Waals surface area (Å²) in [5.74, 6) is 0. The van der Waals surface area contributed by atoms with E-state index < -0.39 is 0 Å². The van der Waals surface area contributed by atoms with Crippen molar-refractivity contribution in [3.8, 4) is 0 Å². The van der Waals surface area contributed by atoms with Gasteiger partial charge in [-0.2, -0.15) is 0 Å². The Hall–Kier alpha value is -0.300. The smallest absolute Gasteiger partial charge is 0.00519 e. The fraction of sp³-hybridized carbons (Fsp3) is 0.889. The van der Waals surface area contributed by atoms with E-state index in [0.717, 1.165) is 0 Å². The first-order chi connectivity index (χ1) is 9.41. The van der Waals surface area contributed by atoms with Crippen molar-refractivity contribution in [2.75, 3.05) is 13.6 Å². The molecule has 0 heterocycles. The third-order valence-electron chi connectivity index (χ3n) is 3.69. The lowest BCUT2D eigenvalue weighted by molar-refractivity contribution is 0.598. The first-order valence-corrected chi connectivity index (χ1v) is 8.71. The molecule has 1 heteroatoms. The molecule has 0 aliphatic heterocycles. The number of allylic oxidation sites excluding steroid dienone is 2. The summed E-state index contributed by atoms with van der Waals surface area (Å²) in [5.41, 5.74) is 0. The average molecular weight is 268 g/mol. The van der Waals surface area contributed by atoms with Crippen LogP contribution in [-0.4, -0.2) is 13.6 Å². The fourth-order valence-electron chi connectivity index (χ4n) is 2.37. The van der Waals surface area contributed by atoms with Crippen LogP contribution in [-0.2, 0) is 0 Å². The Morgan fingerprint density at radius 2 is 1.11 bits per heavy atom.